The van der Waals surface area contributed by atoms with Crippen molar-refractivity contribution >= 4 is 11.6 Å². The molecule has 5 rings (SSSR count). The summed E-state index contributed by atoms with van der Waals surface area (Å²) in [4.78, 5) is 18.0. The van der Waals surface area contributed by atoms with Crippen LogP contribution in [0.4, 0.5) is 27.6 Å². The van der Waals surface area contributed by atoms with Crippen LogP contribution in [0.15, 0.2) is 42.5 Å². The van der Waals surface area contributed by atoms with E-state index in [0.717, 1.165) is 59.1 Å². The van der Waals surface area contributed by atoms with Crippen molar-refractivity contribution in [1.29, 1.82) is 0 Å². The molecule has 1 aliphatic carbocycles. The number of nitrogens with one attached hydrogen (secondary N) is 1. The fraction of sp³-hybridized carbons (Fsp3) is 0.536. The second-order valence-electron chi connectivity index (χ2n) is 10.9. The number of likely N-dealkylation sites (tertiary alicyclic amines) is 1. The molecule has 11 heteroatoms. The van der Waals surface area contributed by atoms with E-state index in [4.69, 9.17) is 0 Å². The summed E-state index contributed by atoms with van der Waals surface area (Å²) in [6.45, 7) is 0.425. The topological polar surface area (TPSA) is 59.1 Å². The third-order valence-corrected chi connectivity index (χ3v) is 7.71. The number of halogens is 5. The molecule has 2 fully saturated rings. The molecule has 3 aliphatic rings. The minimum absolute atomic E-state index is 0.132. The largest absolute Gasteiger partial charge is 0.416 e. The smallest absolute Gasteiger partial charge is 0.376 e. The van der Waals surface area contributed by atoms with Gasteiger partial charge >= 0.3 is 6.18 Å². The zero-order valence-corrected chi connectivity index (χ0v) is 21.6. The maximum absolute atomic E-state index is 13.6. The number of rotatable bonds is 10. The van der Waals surface area contributed by atoms with Gasteiger partial charge in [-0.15, -0.1) is 0 Å². The average Bonchev–Trinajstić information content (AvgIpc) is 3.69. The van der Waals surface area contributed by atoms with Crippen molar-refractivity contribution in [3.05, 3.63) is 64.7 Å². The van der Waals surface area contributed by atoms with E-state index in [2.05, 4.69) is 16.3 Å². The molecule has 212 valence electrons. The van der Waals surface area contributed by atoms with Crippen molar-refractivity contribution in [2.24, 2.45) is 5.92 Å². The molecule has 1 saturated carbocycles. The number of hydrogen-bond acceptors (Lipinski definition) is 5. The van der Waals surface area contributed by atoms with Gasteiger partial charge in [0, 0.05) is 31.9 Å². The first-order valence-electron chi connectivity index (χ1n) is 13.3. The first kappa shape index (κ1) is 27.8. The van der Waals surface area contributed by atoms with Crippen LogP contribution in [0.5, 0.6) is 0 Å². The molecule has 2 aliphatic heterocycles. The number of fused-ring (bicyclic) bond motifs is 1. The van der Waals surface area contributed by atoms with Crippen LogP contribution in [0.3, 0.4) is 0 Å². The van der Waals surface area contributed by atoms with Crippen LogP contribution in [0.2, 0.25) is 0 Å². The number of benzene rings is 2. The summed E-state index contributed by atoms with van der Waals surface area (Å²) in [5, 5.41) is 13.7. The number of nitrogens with zero attached hydrogens (tertiary/aromatic N) is 3. The molecular weight excluding hydrogens is 519 g/mol. The predicted molar refractivity (Wildman–Crippen MR) is 136 cm³/mol. The Kier molecular flexibility index (Phi) is 7.85. The molecule has 1 saturated heterocycles. The van der Waals surface area contributed by atoms with Crippen LogP contribution >= 0.6 is 0 Å². The van der Waals surface area contributed by atoms with Crippen LogP contribution in [0, 0.1) is 5.92 Å². The lowest BCUT2D eigenvalue weighted by Crippen LogP contribution is -2.62. The maximum atomic E-state index is 13.6. The molecule has 0 bridgehead atoms. The molecular formula is C28H33F5N4O2. The zero-order chi connectivity index (χ0) is 27.8. The number of alkyl halides is 5. The lowest BCUT2D eigenvalue weighted by molar-refractivity contribution is -0.188. The van der Waals surface area contributed by atoms with E-state index < -0.39 is 56.0 Å². The van der Waals surface area contributed by atoms with E-state index >= 15 is 0 Å². The molecule has 2 aromatic rings. The molecule has 0 aromatic heterocycles. The molecule has 6 nitrogen and oxygen atoms in total. The normalized spacial score (nSPS) is 20.2. The molecule has 0 spiro atoms. The minimum Gasteiger partial charge on any atom is -0.376 e. The van der Waals surface area contributed by atoms with Gasteiger partial charge in [0.1, 0.15) is 6.23 Å². The van der Waals surface area contributed by atoms with Gasteiger partial charge in [-0.1, -0.05) is 30.3 Å². The van der Waals surface area contributed by atoms with Crippen LogP contribution in [0.1, 0.15) is 35.1 Å². The van der Waals surface area contributed by atoms with Crippen molar-refractivity contribution in [2.75, 3.05) is 44.6 Å². The highest BCUT2D eigenvalue weighted by Gasteiger charge is 2.47. The molecule has 1 amide bonds. The van der Waals surface area contributed by atoms with Crippen LogP contribution in [-0.2, 0) is 30.5 Å². The predicted octanol–water partition coefficient (Wildman–Crippen LogP) is 4.18. The van der Waals surface area contributed by atoms with Crippen molar-refractivity contribution in [1.82, 2.24) is 14.7 Å². The zero-order valence-electron chi connectivity index (χ0n) is 21.6. The Balaban J connectivity index is 1.30. The van der Waals surface area contributed by atoms with Crippen LogP contribution in [-0.4, -0.2) is 77.1 Å². The highest BCUT2D eigenvalue weighted by Crippen LogP contribution is 2.34. The maximum Gasteiger partial charge on any atom is 0.416 e. The first-order chi connectivity index (χ1) is 18.5. The summed E-state index contributed by atoms with van der Waals surface area (Å²) in [5.74, 6) is -2.72. The fourth-order valence-corrected chi connectivity index (χ4v) is 5.37. The van der Waals surface area contributed by atoms with Crippen molar-refractivity contribution in [3.63, 3.8) is 0 Å². The highest BCUT2D eigenvalue weighted by atomic mass is 19.4. The number of anilines is 1. The molecule has 1 atom stereocenters. The van der Waals surface area contributed by atoms with Gasteiger partial charge in [0.25, 0.3) is 5.92 Å². The Morgan fingerprint density at radius 2 is 1.87 bits per heavy atom. The molecule has 2 N–H and O–H groups in total. The monoisotopic (exact) mass is 552 g/mol. The second kappa shape index (κ2) is 11.0. The molecule has 2 heterocycles. The minimum atomic E-state index is -4.63. The Labute approximate surface area is 224 Å². The summed E-state index contributed by atoms with van der Waals surface area (Å²) < 4.78 is 67.6. The number of carbonyl (C=O) groups excluding carboxylic acids is 1. The molecule has 1 unspecified atom stereocenters. The summed E-state index contributed by atoms with van der Waals surface area (Å²) >= 11 is 0. The Morgan fingerprint density at radius 3 is 2.56 bits per heavy atom. The van der Waals surface area contributed by atoms with Gasteiger partial charge < -0.3 is 15.3 Å². The lowest BCUT2D eigenvalue weighted by Gasteiger charge is -2.43. The summed E-state index contributed by atoms with van der Waals surface area (Å²) in [5.41, 5.74) is 2.08. The Hall–Kier alpha value is -2.76. The second-order valence-corrected chi connectivity index (χ2v) is 10.9. The van der Waals surface area contributed by atoms with Gasteiger partial charge in [-0.25, -0.2) is 8.78 Å². The van der Waals surface area contributed by atoms with Crippen molar-refractivity contribution < 1.29 is 31.9 Å². The van der Waals surface area contributed by atoms with Gasteiger partial charge in [0.05, 0.1) is 31.7 Å². The van der Waals surface area contributed by atoms with Gasteiger partial charge in [-0.2, -0.15) is 13.2 Å². The van der Waals surface area contributed by atoms with E-state index in [1.165, 1.54) is 36.6 Å². The highest BCUT2D eigenvalue weighted by molar-refractivity contribution is 5.81. The number of carbonyl (C=O) groups is 1. The average molecular weight is 553 g/mol. The number of amides is 1. The molecule has 0 radical (unpaired) electrons. The SMILES string of the molecule is O=C(CNc1cccc2c1CN(CC1CC1)CC2)N(Cc1ccccc1C(F)(F)F)CC(O)N1CC(F)(F)C1. The standard InChI is InChI=1S/C28H33F5N4O2/c29-27(30)17-37(18-27)26(39)16-36(14-21-4-1-2-6-23(21)28(31,32)33)25(38)12-34-24-7-3-5-20-10-11-35(15-22(20)24)13-19-8-9-19/h1-7,19,26,34,39H,8-18H2. The summed E-state index contributed by atoms with van der Waals surface area (Å²) in [6.07, 6.45) is -2.64. The van der Waals surface area contributed by atoms with Gasteiger partial charge in [-0.05, 0) is 54.0 Å². The number of aliphatic hydroxyl groups is 1. The van der Waals surface area contributed by atoms with Gasteiger partial charge in [0.2, 0.25) is 5.91 Å². The van der Waals surface area contributed by atoms with E-state index in [9.17, 15) is 31.9 Å². The molecule has 39 heavy (non-hydrogen) atoms. The lowest BCUT2D eigenvalue weighted by atomic mass is 9.97. The van der Waals surface area contributed by atoms with Crippen LogP contribution in [0.25, 0.3) is 0 Å². The van der Waals surface area contributed by atoms with E-state index in [1.54, 1.807) is 0 Å². The quantitative estimate of drug-likeness (QED) is 0.433. The van der Waals surface area contributed by atoms with E-state index in [0.29, 0.717) is 0 Å². The number of hydrogen-bond donors (Lipinski definition) is 2. The first-order valence-corrected chi connectivity index (χ1v) is 13.3. The fourth-order valence-electron chi connectivity index (χ4n) is 5.37. The van der Waals surface area contributed by atoms with Crippen molar-refractivity contribution in [2.45, 2.75) is 50.7 Å². The van der Waals surface area contributed by atoms with E-state index in [-0.39, 0.29) is 12.1 Å². The van der Waals surface area contributed by atoms with Gasteiger partial charge in [0.15, 0.2) is 0 Å². The van der Waals surface area contributed by atoms with Crippen LogP contribution < -0.4 is 5.32 Å². The Morgan fingerprint density at radius 1 is 1.13 bits per heavy atom. The Bertz CT molecular complexity index is 1180. The van der Waals surface area contributed by atoms with Gasteiger partial charge in [-0.3, -0.25) is 14.6 Å². The third kappa shape index (κ3) is 6.88. The summed E-state index contributed by atoms with van der Waals surface area (Å²) in [6, 6.07) is 10.8. The van der Waals surface area contributed by atoms with Crippen molar-refractivity contribution in [3.8, 4) is 0 Å². The third-order valence-electron chi connectivity index (χ3n) is 7.71. The molecule has 2 aromatic carbocycles. The summed E-state index contributed by atoms with van der Waals surface area (Å²) in [7, 11) is 0. The number of aliphatic hydroxyl groups excluding tert-OH is 1. The van der Waals surface area contributed by atoms with E-state index in [1.807, 2.05) is 12.1 Å².